The average Bonchev–Trinajstić information content (AvgIpc) is 2.97. The predicted octanol–water partition coefficient (Wildman–Crippen LogP) is 3.93. The second-order valence-electron chi connectivity index (χ2n) is 4.55. The number of rotatable bonds is 5. The molecule has 0 bridgehead atoms. The van der Waals surface area contributed by atoms with Crippen molar-refractivity contribution in [2.45, 2.75) is 5.16 Å². The van der Waals surface area contributed by atoms with Gasteiger partial charge in [-0.15, -0.1) is 11.3 Å². The molecule has 2 aromatic heterocycles. The highest BCUT2D eigenvalue weighted by molar-refractivity contribution is 9.10. The standard InChI is InChI=1S/C15H13BrN2O2S2/c1-18-14(19)12-5-7-21-13(12)17-15(18)22-8-6-20-11-4-2-3-10(16)9-11/h2-5,7,9H,6,8H2,1H3. The first-order valence-electron chi connectivity index (χ1n) is 6.60. The Kier molecular flexibility index (Phi) is 4.85. The van der Waals surface area contributed by atoms with Gasteiger partial charge in [-0.2, -0.15) is 0 Å². The van der Waals surface area contributed by atoms with Crippen molar-refractivity contribution in [1.29, 1.82) is 0 Å². The molecule has 0 radical (unpaired) electrons. The van der Waals surface area contributed by atoms with Crippen LogP contribution in [0.4, 0.5) is 0 Å². The minimum Gasteiger partial charge on any atom is -0.493 e. The van der Waals surface area contributed by atoms with Gasteiger partial charge in [0.15, 0.2) is 5.16 Å². The Hall–Kier alpha value is -1.31. The Morgan fingerprint density at radius 3 is 3.09 bits per heavy atom. The van der Waals surface area contributed by atoms with Gasteiger partial charge in [0.2, 0.25) is 0 Å². The average molecular weight is 397 g/mol. The van der Waals surface area contributed by atoms with E-state index in [0.29, 0.717) is 12.0 Å². The van der Waals surface area contributed by atoms with E-state index in [4.69, 9.17) is 4.74 Å². The number of hydrogen-bond acceptors (Lipinski definition) is 5. The zero-order chi connectivity index (χ0) is 15.5. The highest BCUT2D eigenvalue weighted by Gasteiger charge is 2.09. The molecule has 0 aliphatic heterocycles. The number of thiophene rings is 1. The SMILES string of the molecule is Cn1c(SCCOc2cccc(Br)c2)nc2sccc2c1=O. The molecule has 3 aromatic rings. The smallest absolute Gasteiger partial charge is 0.262 e. The maximum Gasteiger partial charge on any atom is 0.262 e. The Morgan fingerprint density at radius 1 is 1.41 bits per heavy atom. The fourth-order valence-electron chi connectivity index (χ4n) is 1.96. The molecule has 0 unspecified atom stereocenters. The summed E-state index contributed by atoms with van der Waals surface area (Å²) in [6.45, 7) is 0.555. The lowest BCUT2D eigenvalue weighted by Crippen LogP contribution is -2.19. The van der Waals surface area contributed by atoms with Crippen LogP contribution in [0.1, 0.15) is 0 Å². The molecule has 7 heteroatoms. The van der Waals surface area contributed by atoms with Crippen LogP contribution in [0, 0.1) is 0 Å². The fourth-order valence-corrected chi connectivity index (χ4v) is 3.93. The third-order valence-corrected chi connectivity index (χ3v) is 5.34. The Bertz CT molecular complexity index is 860. The van der Waals surface area contributed by atoms with E-state index >= 15 is 0 Å². The third-order valence-electron chi connectivity index (χ3n) is 3.04. The van der Waals surface area contributed by atoms with Crippen LogP contribution < -0.4 is 10.3 Å². The minimum absolute atomic E-state index is 0.00154. The molecule has 1 aromatic carbocycles. The van der Waals surface area contributed by atoms with Gasteiger partial charge in [0, 0.05) is 17.3 Å². The van der Waals surface area contributed by atoms with E-state index in [-0.39, 0.29) is 5.56 Å². The van der Waals surface area contributed by atoms with Crippen LogP contribution in [0.2, 0.25) is 0 Å². The highest BCUT2D eigenvalue weighted by atomic mass is 79.9. The zero-order valence-electron chi connectivity index (χ0n) is 11.8. The lowest BCUT2D eigenvalue weighted by atomic mass is 10.3. The molecular formula is C15H13BrN2O2S2. The third kappa shape index (κ3) is 3.37. The van der Waals surface area contributed by atoms with Crippen LogP contribution in [-0.4, -0.2) is 21.9 Å². The van der Waals surface area contributed by atoms with Crippen LogP contribution in [0.15, 0.2) is 50.1 Å². The van der Waals surface area contributed by atoms with E-state index in [0.717, 1.165) is 26.0 Å². The summed E-state index contributed by atoms with van der Waals surface area (Å²) in [6, 6.07) is 9.55. The first-order chi connectivity index (χ1) is 10.6. The van der Waals surface area contributed by atoms with Gasteiger partial charge in [-0.3, -0.25) is 9.36 Å². The molecule has 0 fully saturated rings. The van der Waals surface area contributed by atoms with E-state index in [1.54, 1.807) is 11.6 Å². The van der Waals surface area contributed by atoms with Crippen LogP contribution in [-0.2, 0) is 7.05 Å². The quantitative estimate of drug-likeness (QED) is 0.372. The second-order valence-corrected chi connectivity index (χ2v) is 7.42. The summed E-state index contributed by atoms with van der Waals surface area (Å²) < 4.78 is 8.27. The summed E-state index contributed by atoms with van der Waals surface area (Å²) in [6.07, 6.45) is 0. The van der Waals surface area contributed by atoms with Gasteiger partial charge in [-0.1, -0.05) is 33.8 Å². The Labute approximate surface area is 144 Å². The normalized spacial score (nSPS) is 11.0. The number of thioether (sulfide) groups is 1. The molecule has 22 heavy (non-hydrogen) atoms. The van der Waals surface area contributed by atoms with Crippen molar-refractivity contribution in [1.82, 2.24) is 9.55 Å². The van der Waals surface area contributed by atoms with E-state index in [1.807, 2.05) is 35.7 Å². The summed E-state index contributed by atoms with van der Waals surface area (Å²) >= 11 is 6.42. The van der Waals surface area contributed by atoms with Gasteiger partial charge >= 0.3 is 0 Å². The molecule has 4 nitrogen and oxygen atoms in total. The summed E-state index contributed by atoms with van der Waals surface area (Å²) in [5.74, 6) is 1.55. The van der Waals surface area contributed by atoms with Crippen molar-refractivity contribution in [3.8, 4) is 5.75 Å². The van der Waals surface area contributed by atoms with E-state index in [9.17, 15) is 4.79 Å². The lowest BCUT2D eigenvalue weighted by molar-refractivity contribution is 0.343. The number of halogens is 1. The monoisotopic (exact) mass is 396 g/mol. The molecule has 0 atom stereocenters. The number of nitrogens with zero attached hydrogens (tertiary/aromatic N) is 2. The number of fused-ring (bicyclic) bond motifs is 1. The molecule has 3 rings (SSSR count). The number of benzene rings is 1. The van der Waals surface area contributed by atoms with Crippen LogP contribution >= 0.6 is 39.0 Å². The predicted molar refractivity (Wildman–Crippen MR) is 95.2 cm³/mol. The van der Waals surface area contributed by atoms with E-state index in [1.165, 1.54) is 23.1 Å². The van der Waals surface area contributed by atoms with Crippen molar-refractivity contribution in [3.63, 3.8) is 0 Å². The lowest BCUT2D eigenvalue weighted by Gasteiger charge is -2.08. The van der Waals surface area contributed by atoms with Crippen molar-refractivity contribution in [2.75, 3.05) is 12.4 Å². The molecule has 2 heterocycles. The van der Waals surface area contributed by atoms with E-state index in [2.05, 4.69) is 20.9 Å². The molecule has 0 saturated heterocycles. The highest BCUT2D eigenvalue weighted by Crippen LogP contribution is 2.21. The maximum absolute atomic E-state index is 12.2. The van der Waals surface area contributed by atoms with Crippen molar-refractivity contribution in [3.05, 3.63) is 50.5 Å². The van der Waals surface area contributed by atoms with Gasteiger partial charge in [-0.05, 0) is 29.6 Å². The summed E-state index contributed by atoms with van der Waals surface area (Å²) in [5, 5.41) is 3.30. The molecule has 0 saturated carbocycles. The van der Waals surface area contributed by atoms with Gasteiger partial charge in [-0.25, -0.2) is 4.98 Å². The largest absolute Gasteiger partial charge is 0.493 e. The van der Waals surface area contributed by atoms with Crippen LogP contribution in [0.3, 0.4) is 0 Å². The molecular weight excluding hydrogens is 384 g/mol. The van der Waals surface area contributed by atoms with Gasteiger partial charge in [0.1, 0.15) is 10.6 Å². The molecule has 0 aliphatic rings. The zero-order valence-corrected chi connectivity index (χ0v) is 15.0. The topological polar surface area (TPSA) is 44.1 Å². The van der Waals surface area contributed by atoms with Gasteiger partial charge < -0.3 is 4.74 Å². The minimum atomic E-state index is 0.00154. The summed E-state index contributed by atoms with van der Waals surface area (Å²) in [5.41, 5.74) is 0.00154. The maximum atomic E-state index is 12.2. The van der Waals surface area contributed by atoms with Crippen LogP contribution in [0.5, 0.6) is 5.75 Å². The number of aromatic nitrogens is 2. The van der Waals surface area contributed by atoms with Crippen molar-refractivity contribution in [2.24, 2.45) is 7.05 Å². The van der Waals surface area contributed by atoms with Crippen molar-refractivity contribution >= 4 is 49.2 Å². The second kappa shape index (κ2) is 6.85. The number of hydrogen-bond donors (Lipinski definition) is 0. The molecule has 114 valence electrons. The summed E-state index contributed by atoms with van der Waals surface area (Å²) in [7, 11) is 1.75. The Morgan fingerprint density at radius 2 is 2.27 bits per heavy atom. The number of ether oxygens (including phenoxy) is 1. The van der Waals surface area contributed by atoms with E-state index < -0.39 is 0 Å². The van der Waals surface area contributed by atoms with Gasteiger partial charge in [0.25, 0.3) is 5.56 Å². The molecule has 0 amide bonds. The first-order valence-corrected chi connectivity index (χ1v) is 9.26. The van der Waals surface area contributed by atoms with Crippen molar-refractivity contribution < 1.29 is 4.74 Å². The summed E-state index contributed by atoms with van der Waals surface area (Å²) in [4.78, 5) is 17.5. The first kappa shape index (κ1) is 15.6. The molecule has 0 N–H and O–H groups in total. The fraction of sp³-hybridized carbons (Fsp3) is 0.200. The van der Waals surface area contributed by atoms with Crippen LogP contribution in [0.25, 0.3) is 10.2 Å². The Balaban J connectivity index is 1.64. The van der Waals surface area contributed by atoms with Gasteiger partial charge in [0.05, 0.1) is 12.0 Å². The molecule has 0 spiro atoms. The molecule has 0 aliphatic carbocycles.